The van der Waals surface area contributed by atoms with Crippen molar-refractivity contribution in [1.29, 1.82) is 0 Å². The fourth-order valence-corrected chi connectivity index (χ4v) is 2.53. The maximum absolute atomic E-state index is 5.66. The van der Waals surface area contributed by atoms with Gasteiger partial charge >= 0.3 is 0 Å². The van der Waals surface area contributed by atoms with Crippen LogP contribution in [-0.2, 0) is 6.42 Å². The Morgan fingerprint density at radius 2 is 1.95 bits per heavy atom. The number of aryl methyl sites for hydroxylation is 1. The van der Waals surface area contributed by atoms with Gasteiger partial charge in [-0.2, -0.15) is 0 Å². The summed E-state index contributed by atoms with van der Waals surface area (Å²) in [6.07, 6.45) is 3.87. The van der Waals surface area contributed by atoms with E-state index in [-0.39, 0.29) is 6.04 Å². The second-order valence-corrected chi connectivity index (χ2v) is 6.05. The molecule has 1 N–H and O–H groups in total. The Bertz CT molecular complexity index is 504. The molecule has 1 unspecified atom stereocenters. The molecule has 2 rings (SSSR count). The Morgan fingerprint density at radius 3 is 2.53 bits per heavy atom. The van der Waals surface area contributed by atoms with Crippen molar-refractivity contribution in [2.24, 2.45) is 0 Å². The molecule has 0 aliphatic rings. The molecule has 0 amide bonds. The first-order valence-corrected chi connectivity index (χ1v) is 7.80. The van der Waals surface area contributed by atoms with E-state index in [2.05, 4.69) is 66.0 Å². The van der Waals surface area contributed by atoms with Crippen LogP contribution in [0.3, 0.4) is 0 Å². The predicted molar refractivity (Wildman–Crippen MR) is 87.3 cm³/mol. The molecule has 3 heteroatoms. The summed E-state index contributed by atoms with van der Waals surface area (Å²) in [5, 5.41) is 3.58. The molecule has 102 valence electrons. The first kappa shape index (κ1) is 14.6. The summed E-state index contributed by atoms with van der Waals surface area (Å²) < 4.78 is 6.93. The van der Waals surface area contributed by atoms with E-state index >= 15 is 0 Å². The average molecular weight is 369 g/mol. The monoisotopic (exact) mass is 369 g/mol. The Balaban J connectivity index is 2.14. The van der Waals surface area contributed by atoms with Gasteiger partial charge in [-0.3, -0.25) is 0 Å². The highest BCUT2D eigenvalue weighted by molar-refractivity contribution is 14.1. The van der Waals surface area contributed by atoms with Crippen molar-refractivity contribution < 1.29 is 4.42 Å². The van der Waals surface area contributed by atoms with Crippen molar-refractivity contribution in [3.63, 3.8) is 0 Å². The molecule has 1 atom stereocenters. The second-order valence-electron chi connectivity index (χ2n) is 4.81. The average Bonchev–Trinajstić information content (AvgIpc) is 2.83. The summed E-state index contributed by atoms with van der Waals surface area (Å²) in [5.74, 6) is 1.06. The number of furan rings is 1. The SMILES string of the molecule is CCCNC(Cc1ccc(I)cc1)c1occc1C. The van der Waals surface area contributed by atoms with Crippen LogP contribution in [0.2, 0.25) is 0 Å². The molecule has 1 aromatic carbocycles. The Morgan fingerprint density at radius 1 is 1.21 bits per heavy atom. The molecule has 0 radical (unpaired) electrons. The molecule has 1 aromatic heterocycles. The second kappa shape index (κ2) is 7.10. The number of hydrogen-bond acceptors (Lipinski definition) is 2. The molecule has 2 aromatic rings. The van der Waals surface area contributed by atoms with Gasteiger partial charge in [0.25, 0.3) is 0 Å². The summed E-state index contributed by atoms with van der Waals surface area (Å²) in [4.78, 5) is 0. The van der Waals surface area contributed by atoms with E-state index in [1.807, 2.05) is 6.07 Å². The highest BCUT2D eigenvalue weighted by Crippen LogP contribution is 2.23. The zero-order chi connectivity index (χ0) is 13.7. The van der Waals surface area contributed by atoms with Crippen LogP contribution in [0.5, 0.6) is 0 Å². The predicted octanol–water partition coefficient (Wildman–Crippen LogP) is 4.48. The highest BCUT2D eigenvalue weighted by atomic mass is 127. The normalized spacial score (nSPS) is 12.6. The standard InChI is InChI=1S/C16H20INO/c1-3-9-18-15(16-12(2)8-10-19-16)11-13-4-6-14(17)7-5-13/h4-8,10,15,18H,3,9,11H2,1-2H3. The van der Waals surface area contributed by atoms with Gasteiger partial charge < -0.3 is 9.73 Å². The Kier molecular flexibility index (Phi) is 5.45. The molecule has 0 spiro atoms. The number of benzene rings is 1. The van der Waals surface area contributed by atoms with Crippen LogP contribution in [0.25, 0.3) is 0 Å². The lowest BCUT2D eigenvalue weighted by Gasteiger charge is -2.17. The maximum Gasteiger partial charge on any atom is 0.123 e. The Labute approximate surface area is 128 Å². The minimum atomic E-state index is 0.259. The number of halogens is 1. The fourth-order valence-electron chi connectivity index (χ4n) is 2.17. The molecule has 0 saturated heterocycles. The van der Waals surface area contributed by atoms with E-state index in [4.69, 9.17) is 4.42 Å². The van der Waals surface area contributed by atoms with E-state index in [1.165, 1.54) is 14.7 Å². The molecule has 0 aliphatic heterocycles. The fraction of sp³-hybridized carbons (Fsp3) is 0.375. The quantitative estimate of drug-likeness (QED) is 0.760. The summed E-state index contributed by atoms with van der Waals surface area (Å²) in [5.41, 5.74) is 2.56. The van der Waals surface area contributed by atoms with Crippen LogP contribution in [0.4, 0.5) is 0 Å². The minimum Gasteiger partial charge on any atom is -0.467 e. The van der Waals surface area contributed by atoms with Crippen molar-refractivity contribution >= 4 is 22.6 Å². The van der Waals surface area contributed by atoms with Gasteiger partial charge in [0.1, 0.15) is 5.76 Å². The first-order valence-electron chi connectivity index (χ1n) is 6.72. The van der Waals surface area contributed by atoms with Crippen molar-refractivity contribution in [1.82, 2.24) is 5.32 Å². The van der Waals surface area contributed by atoms with Crippen molar-refractivity contribution in [3.05, 3.63) is 57.1 Å². The van der Waals surface area contributed by atoms with Gasteiger partial charge in [-0.1, -0.05) is 19.1 Å². The van der Waals surface area contributed by atoms with E-state index < -0.39 is 0 Å². The van der Waals surface area contributed by atoms with Gasteiger partial charge in [-0.15, -0.1) is 0 Å². The van der Waals surface area contributed by atoms with E-state index in [9.17, 15) is 0 Å². The van der Waals surface area contributed by atoms with Gasteiger partial charge in [0.05, 0.1) is 12.3 Å². The summed E-state index contributed by atoms with van der Waals surface area (Å²) in [7, 11) is 0. The van der Waals surface area contributed by atoms with Crippen molar-refractivity contribution in [3.8, 4) is 0 Å². The summed E-state index contributed by atoms with van der Waals surface area (Å²) in [6.45, 7) is 5.30. The van der Waals surface area contributed by atoms with Crippen LogP contribution in [0.1, 0.15) is 36.3 Å². The topological polar surface area (TPSA) is 25.2 Å². The van der Waals surface area contributed by atoms with Crippen molar-refractivity contribution in [2.45, 2.75) is 32.7 Å². The molecular weight excluding hydrogens is 349 g/mol. The van der Waals surface area contributed by atoms with E-state index in [0.717, 1.165) is 25.1 Å². The van der Waals surface area contributed by atoms with E-state index in [1.54, 1.807) is 6.26 Å². The first-order chi connectivity index (χ1) is 9.20. The maximum atomic E-state index is 5.66. The van der Waals surface area contributed by atoms with Gasteiger partial charge in [0.15, 0.2) is 0 Å². The molecule has 2 nitrogen and oxygen atoms in total. The largest absolute Gasteiger partial charge is 0.467 e. The third kappa shape index (κ3) is 4.08. The molecule has 0 bridgehead atoms. The molecule has 0 aliphatic carbocycles. The number of hydrogen-bond donors (Lipinski definition) is 1. The number of rotatable bonds is 6. The van der Waals surface area contributed by atoms with Gasteiger partial charge in [-0.05, 0) is 78.2 Å². The Hall–Kier alpha value is -0.810. The lowest BCUT2D eigenvalue weighted by atomic mass is 10.0. The van der Waals surface area contributed by atoms with Crippen LogP contribution in [-0.4, -0.2) is 6.54 Å². The summed E-state index contributed by atoms with van der Waals surface area (Å²) in [6, 6.07) is 11.0. The van der Waals surface area contributed by atoms with E-state index in [0.29, 0.717) is 0 Å². The van der Waals surface area contributed by atoms with Gasteiger partial charge in [-0.25, -0.2) is 0 Å². The lowest BCUT2D eigenvalue weighted by molar-refractivity contribution is 0.408. The van der Waals surface area contributed by atoms with Gasteiger partial charge in [0.2, 0.25) is 0 Å². The van der Waals surface area contributed by atoms with Gasteiger partial charge in [0, 0.05) is 3.57 Å². The number of nitrogens with one attached hydrogen (secondary N) is 1. The van der Waals surface area contributed by atoms with Crippen LogP contribution < -0.4 is 5.32 Å². The zero-order valence-corrected chi connectivity index (χ0v) is 13.6. The smallest absolute Gasteiger partial charge is 0.123 e. The molecule has 0 saturated carbocycles. The summed E-state index contributed by atoms with van der Waals surface area (Å²) >= 11 is 2.33. The third-order valence-corrected chi connectivity index (χ3v) is 3.93. The molecular formula is C16H20INO. The van der Waals surface area contributed by atoms with Crippen LogP contribution in [0.15, 0.2) is 41.0 Å². The van der Waals surface area contributed by atoms with Crippen molar-refractivity contribution in [2.75, 3.05) is 6.54 Å². The highest BCUT2D eigenvalue weighted by Gasteiger charge is 2.16. The third-order valence-electron chi connectivity index (χ3n) is 3.21. The zero-order valence-electron chi connectivity index (χ0n) is 11.4. The van der Waals surface area contributed by atoms with Crippen LogP contribution in [0, 0.1) is 10.5 Å². The lowest BCUT2D eigenvalue weighted by Crippen LogP contribution is -2.24. The molecule has 19 heavy (non-hydrogen) atoms. The van der Waals surface area contributed by atoms with Crippen LogP contribution >= 0.6 is 22.6 Å². The molecule has 0 fully saturated rings. The minimum absolute atomic E-state index is 0.259. The molecule has 1 heterocycles.